The van der Waals surface area contributed by atoms with Gasteiger partial charge in [0, 0.05) is 6.08 Å². The molecule has 0 aliphatic heterocycles. The average Bonchev–Trinajstić information content (AvgIpc) is 2.79. The SMILES string of the molecule is CC=CC(=O)OCCC[Si](Oc1ccccc1)(Oc1ccccc1)Oc1ccccc1. The van der Waals surface area contributed by atoms with E-state index >= 15 is 0 Å². The molecule has 0 saturated heterocycles. The van der Waals surface area contributed by atoms with E-state index in [1.165, 1.54) is 6.08 Å². The van der Waals surface area contributed by atoms with Gasteiger partial charge < -0.3 is 18.0 Å². The number of carbonyl (C=O) groups excluding carboxylic acids is 1. The smallest absolute Gasteiger partial charge is 0.483 e. The van der Waals surface area contributed by atoms with Crippen LogP contribution in [0.25, 0.3) is 0 Å². The molecule has 0 amide bonds. The molecule has 31 heavy (non-hydrogen) atoms. The first-order valence-electron chi connectivity index (χ1n) is 10.2. The van der Waals surface area contributed by atoms with Crippen LogP contribution in [0.2, 0.25) is 6.04 Å². The van der Waals surface area contributed by atoms with Crippen molar-refractivity contribution in [2.75, 3.05) is 6.61 Å². The molecule has 6 heteroatoms. The highest BCUT2D eigenvalue weighted by Crippen LogP contribution is 2.27. The molecule has 0 aliphatic carbocycles. The normalized spacial score (nSPS) is 11.1. The maximum atomic E-state index is 11.6. The summed E-state index contributed by atoms with van der Waals surface area (Å²) >= 11 is 0. The standard InChI is InChI=1S/C25H26O5Si/c1-2-13-25(26)27-20-12-21-31(28-22-14-6-3-7-15-22,29-23-16-8-4-9-17-23)30-24-18-10-5-11-19-24/h2-11,13-19H,12,20-21H2,1H3. The molecular weight excluding hydrogens is 408 g/mol. The fraction of sp³-hybridized carbons (Fsp3) is 0.160. The Kier molecular flexibility index (Phi) is 8.31. The first-order chi connectivity index (χ1) is 15.2. The van der Waals surface area contributed by atoms with Crippen LogP contribution in [0.15, 0.2) is 103 Å². The lowest BCUT2D eigenvalue weighted by Gasteiger charge is -2.30. The highest BCUT2D eigenvalue weighted by Gasteiger charge is 2.49. The maximum absolute atomic E-state index is 11.6. The molecule has 3 rings (SSSR count). The number of carbonyl (C=O) groups is 1. The molecule has 0 spiro atoms. The summed E-state index contributed by atoms with van der Waals surface area (Å²) in [6.45, 7) is 2.01. The predicted octanol–water partition coefficient (Wildman–Crippen LogP) is 5.67. The summed E-state index contributed by atoms with van der Waals surface area (Å²) in [5.74, 6) is 1.61. The summed E-state index contributed by atoms with van der Waals surface area (Å²) in [5, 5.41) is 0. The Morgan fingerprint density at radius 3 is 1.55 bits per heavy atom. The fourth-order valence-corrected chi connectivity index (χ4v) is 5.36. The Morgan fingerprint density at radius 1 is 0.742 bits per heavy atom. The summed E-state index contributed by atoms with van der Waals surface area (Å²) in [6, 6.07) is 28.9. The Morgan fingerprint density at radius 2 is 1.16 bits per heavy atom. The lowest BCUT2D eigenvalue weighted by atomic mass is 10.3. The van der Waals surface area contributed by atoms with Crippen LogP contribution in [0, 0.1) is 0 Å². The molecular formula is C25H26O5Si. The summed E-state index contributed by atoms with van der Waals surface area (Å²) in [4.78, 5) is 11.6. The van der Waals surface area contributed by atoms with Crippen LogP contribution < -0.4 is 13.3 Å². The molecule has 3 aromatic rings. The Labute approximate surface area is 184 Å². The van der Waals surface area contributed by atoms with Crippen LogP contribution in [-0.2, 0) is 9.53 Å². The third-order valence-electron chi connectivity index (χ3n) is 4.22. The van der Waals surface area contributed by atoms with Gasteiger partial charge in [-0.3, -0.25) is 0 Å². The molecule has 0 aromatic heterocycles. The minimum atomic E-state index is -3.32. The predicted molar refractivity (Wildman–Crippen MR) is 122 cm³/mol. The van der Waals surface area contributed by atoms with Gasteiger partial charge in [-0.1, -0.05) is 60.7 Å². The minimum absolute atomic E-state index is 0.242. The maximum Gasteiger partial charge on any atom is 0.699 e. The molecule has 0 aliphatic rings. The second-order valence-electron chi connectivity index (χ2n) is 6.70. The Bertz CT molecular complexity index is 844. The lowest BCUT2D eigenvalue weighted by molar-refractivity contribution is -0.137. The van der Waals surface area contributed by atoms with Gasteiger partial charge >= 0.3 is 14.8 Å². The highest BCUT2D eigenvalue weighted by molar-refractivity contribution is 6.63. The van der Waals surface area contributed by atoms with Gasteiger partial charge in [0.1, 0.15) is 17.2 Å². The van der Waals surface area contributed by atoms with E-state index in [0.717, 1.165) is 0 Å². The van der Waals surface area contributed by atoms with E-state index in [4.69, 9.17) is 18.0 Å². The van der Waals surface area contributed by atoms with Crippen molar-refractivity contribution in [3.63, 3.8) is 0 Å². The third kappa shape index (κ3) is 7.35. The second-order valence-corrected chi connectivity index (χ2v) is 9.18. The van der Waals surface area contributed by atoms with Crippen LogP contribution in [0.1, 0.15) is 13.3 Å². The summed E-state index contributed by atoms with van der Waals surface area (Å²) in [6.07, 6.45) is 3.57. The lowest BCUT2D eigenvalue weighted by Crippen LogP contribution is -2.55. The Balaban J connectivity index is 1.85. The van der Waals surface area contributed by atoms with E-state index in [-0.39, 0.29) is 12.6 Å². The van der Waals surface area contributed by atoms with Gasteiger partial charge in [-0.05, 0) is 49.7 Å². The first-order valence-corrected chi connectivity index (χ1v) is 12.1. The first kappa shape index (κ1) is 22.2. The largest absolute Gasteiger partial charge is 0.699 e. The molecule has 0 N–H and O–H groups in total. The zero-order valence-corrected chi connectivity index (χ0v) is 18.5. The number of allylic oxidation sites excluding steroid dienone is 1. The number of para-hydroxylation sites is 3. The molecule has 0 atom stereocenters. The molecule has 160 valence electrons. The molecule has 5 nitrogen and oxygen atoms in total. The monoisotopic (exact) mass is 434 g/mol. The molecule has 0 radical (unpaired) electrons. The van der Waals surface area contributed by atoms with Crippen LogP contribution in [0.5, 0.6) is 17.2 Å². The van der Waals surface area contributed by atoms with Gasteiger partial charge in [-0.15, -0.1) is 0 Å². The van der Waals surface area contributed by atoms with E-state index in [2.05, 4.69) is 0 Å². The summed E-state index contributed by atoms with van der Waals surface area (Å²) < 4.78 is 24.5. The number of hydrogen-bond donors (Lipinski definition) is 0. The van der Waals surface area contributed by atoms with Gasteiger partial charge in [-0.25, -0.2) is 4.79 Å². The molecule has 0 fully saturated rings. The van der Waals surface area contributed by atoms with Gasteiger partial charge in [0.15, 0.2) is 0 Å². The van der Waals surface area contributed by atoms with Crippen molar-refractivity contribution in [3.05, 3.63) is 103 Å². The van der Waals surface area contributed by atoms with Crippen LogP contribution in [0.4, 0.5) is 0 Å². The third-order valence-corrected chi connectivity index (χ3v) is 6.83. The highest BCUT2D eigenvalue weighted by atomic mass is 28.4. The molecule has 3 aromatic carbocycles. The summed E-state index contributed by atoms with van der Waals surface area (Å²) in [5.41, 5.74) is 0. The van der Waals surface area contributed by atoms with Gasteiger partial charge in [0.05, 0.1) is 12.7 Å². The van der Waals surface area contributed by atoms with Crippen molar-refractivity contribution >= 4 is 14.8 Å². The molecule has 0 heterocycles. The Hall–Kier alpha value is -3.51. The van der Waals surface area contributed by atoms with Gasteiger partial charge in [-0.2, -0.15) is 0 Å². The van der Waals surface area contributed by atoms with Crippen molar-refractivity contribution in [1.82, 2.24) is 0 Å². The number of ether oxygens (including phenoxy) is 1. The topological polar surface area (TPSA) is 54.0 Å². The van der Waals surface area contributed by atoms with Crippen LogP contribution in [0.3, 0.4) is 0 Å². The number of hydrogen-bond acceptors (Lipinski definition) is 5. The van der Waals surface area contributed by atoms with Crippen molar-refractivity contribution in [3.8, 4) is 17.2 Å². The number of benzene rings is 3. The van der Waals surface area contributed by atoms with E-state index in [0.29, 0.717) is 29.7 Å². The zero-order chi connectivity index (χ0) is 21.8. The number of rotatable bonds is 11. The van der Waals surface area contributed by atoms with Crippen molar-refractivity contribution in [2.24, 2.45) is 0 Å². The van der Waals surface area contributed by atoms with E-state index < -0.39 is 8.80 Å². The van der Waals surface area contributed by atoms with Crippen LogP contribution in [-0.4, -0.2) is 21.4 Å². The fourth-order valence-electron chi connectivity index (χ4n) is 2.87. The molecule has 0 unspecified atom stereocenters. The summed E-state index contributed by atoms with van der Waals surface area (Å²) in [7, 11) is -3.32. The zero-order valence-electron chi connectivity index (χ0n) is 17.5. The average molecular weight is 435 g/mol. The molecule has 0 saturated carbocycles. The van der Waals surface area contributed by atoms with Gasteiger partial charge in [0.2, 0.25) is 0 Å². The minimum Gasteiger partial charge on any atom is -0.483 e. The van der Waals surface area contributed by atoms with Crippen molar-refractivity contribution in [1.29, 1.82) is 0 Å². The van der Waals surface area contributed by atoms with Crippen molar-refractivity contribution in [2.45, 2.75) is 19.4 Å². The van der Waals surface area contributed by atoms with E-state index in [1.54, 1.807) is 13.0 Å². The quantitative estimate of drug-likeness (QED) is 0.168. The number of esters is 1. The van der Waals surface area contributed by atoms with Gasteiger partial charge in [0.25, 0.3) is 0 Å². The van der Waals surface area contributed by atoms with E-state index in [1.807, 2.05) is 91.0 Å². The van der Waals surface area contributed by atoms with Crippen LogP contribution >= 0.6 is 0 Å². The van der Waals surface area contributed by atoms with Crippen molar-refractivity contribution < 1.29 is 22.8 Å². The second kappa shape index (κ2) is 11.6. The molecule has 0 bridgehead atoms. The van der Waals surface area contributed by atoms with E-state index in [9.17, 15) is 4.79 Å².